The molecule has 1 N–H and O–H groups in total. The summed E-state index contributed by atoms with van der Waals surface area (Å²) in [6, 6.07) is 18.7. The van der Waals surface area contributed by atoms with Crippen LogP contribution < -0.4 is 0 Å². The zero-order valence-corrected chi connectivity index (χ0v) is 12.7. The molecule has 5 heteroatoms. The number of nitrogens with one attached hydrogen (secondary N) is 1. The van der Waals surface area contributed by atoms with E-state index in [-0.39, 0.29) is 27.3 Å². The second-order valence-corrected chi connectivity index (χ2v) is 4.87. The van der Waals surface area contributed by atoms with Gasteiger partial charge < -0.3 is 5.14 Å². The average Bonchev–Trinajstić information content (AvgIpc) is 2.31. The molecule has 101 valence electrons. The Bertz CT molecular complexity index is 512. The molecule has 0 amide bonds. The van der Waals surface area contributed by atoms with Crippen LogP contribution in [0.25, 0.3) is 5.14 Å². The Morgan fingerprint density at radius 1 is 1.00 bits per heavy atom. The number of benzene rings is 2. The van der Waals surface area contributed by atoms with Crippen LogP contribution in [0.1, 0.15) is 5.56 Å². The van der Waals surface area contributed by atoms with E-state index in [1.54, 1.807) is 12.1 Å². The van der Waals surface area contributed by atoms with Gasteiger partial charge in [0.25, 0.3) is 0 Å². The molecular formula is C13H13AuNO2S-2. The molecular weight excluding hydrogens is 431 g/mol. The molecule has 0 unspecified atom stereocenters. The third-order valence-electron chi connectivity index (χ3n) is 1.94. The van der Waals surface area contributed by atoms with E-state index in [1.165, 1.54) is 12.1 Å². The van der Waals surface area contributed by atoms with E-state index in [9.17, 15) is 8.42 Å². The van der Waals surface area contributed by atoms with Gasteiger partial charge in [-0.2, -0.15) is 36.4 Å². The summed E-state index contributed by atoms with van der Waals surface area (Å²) in [6.07, 6.45) is 0. The van der Waals surface area contributed by atoms with Crippen molar-refractivity contribution in [2.24, 2.45) is 0 Å². The summed E-state index contributed by atoms with van der Waals surface area (Å²) in [5.74, 6) is 0. The first-order chi connectivity index (χ1) is 8.00. The fourth-order valence-corrected chi connectivity index (χ4v) is 1.55. The van der Waals surface area contributed by atoms with Gasteiger partial charge in [-0.25, -0.2) is 8.42 Å². The summed E-state index contributed by atoms with van der Waals surface area (Å²) >= 11 is 0. The molecule has 0 spiro atoms. The van der Waals surface area contributed by atoms with E-state index in [0.29, 0.717) is 0 Å². The van der Waals surface area contributed by atoms with Gasteiger partial charge in [-0.1, -0.05) is 17.7 Å². The van der Waals surface area contributed by atoms with Gasteiger partial charge in [0.1, 0.15) is 0 Å². The quantitative estimate of drug-likeness (QED) is 0.501. The number of aryl methyl sites for hydroxylation is 1. The van der Waals surface area contributed by atoms with E-state index in [4.69, 9.17) is 5.14 Å². The molecule has 3 nitrogen and oxygen atoms in total. The summed E-state index contributed by atoms with van der Waals surface area (Å²) in [4.78, 5) is 0.0445. The maximum Gasteiger partial charge on any atom is 0.0987 e. The summed E-state index contributed by atoms with van der Waals surface area (Å²) in [5, 5.41) is 6.72. The Balaban J connectivity index is 0.000000352. The smallest absolute Gasteiger partial charge is 0.0987 e. The zero-order chi connectivity index (χ0) is 12.7. The van der Waals surface area contributed by atoms with Gasteiger partial charge in [0, 0.05) is 27.3 Å². The third-order valence-corrected chi connectivity index (χ3v) is 2.83. The van der Waals surface area contributed by atoms with E-state index < -0.39 is 10.0 Å². The monoisotopic (exact) mass is 444 g/mol. The first-order valence-electron chi connectivity index (χ1n) is 4.97. The van der Waals surface area contributed by atoms with Gasteiger partial charge in [0.15, 0.2) is 0 Å². The second kappa shape index (κ2) is 8.24. The third kappa shape index (κ3) is 6.74. The predicted molar refractivity (Wildman–Crippen MR) is 68.0 cm³/mol. The van der Waals surface area contributed by atoms with Gasteiger partial charge in [0.2, 0.25) is 0 Å². The fraction of sp³-hybridized carbons (Fsp3) is 0.0769. The molecule has 0 heterocycles. The van der Waals surface area contributed by atoms with E-state index in [1.807, 2.05) is 37.3 Å². The molecule has 1 radical (unpaired) electrons. The van der Waals surface area contributed by atoms with Crippen molar-refractivity contribution < 1.29 is 30.8 Å². The Morgan fingerprint density at radius 3 is 1.78 bits per heavy atom. The molecule has 0 saturated carbocycles. The Hall–Kier alpha value is -0.910. The maximum atomic E-state index is 10.6. The van der Waals surface area contributed by atoms with Crippen molar-refractivity contribution in [1.29, 1.82) is 0 Å². The number of hydrogen-bond acceptors (Lipinski definition) is 2. The van der Waals surface area contributed by atoms with Crippen molar-refractivity contribution in [2.45, 2.75) is 11.8 Å². The molecule has 2 aromatic carbocycles. The molecule has 0 atom stereocenters. The molecule has 0 aliphatic rings. The number of hydrogen-bond donors (Lipinski definition) is 0. The van der Waals surface area contributed by atoms with Crippen LogP contribution in [0.3, 0.4) is 0 Å². The average molecular weight is 444 g/mol. The molecule has 2 rings (SSSR count). The molecule has 18 heavy (non-hydrogen) atoms. The van der Waals surface area contributed by atoms with Gasteiger partial charge in [0.05, 0.1) is 10.0 Å². The second-order valence-electron chi connectivity index (χ2n) is 3.39. The topological polar surface area (TPSA) is 57.9 Å². The fourth-order valence-electron chi connectivity index (χ4n) is 1.06. The summed E-state index contributed by atoms with van der Waals surface area (Å²) in [7, 11) is -3.77. The van der Waals surface area contributed by atoms with Crippen molar-refractivity contribution in [3.8, 4) is 0 Å². The summed E-state index contributed by atoms with van der Waals surface area (Å²) in [6.45, 7) is 1.86. The minimum atomic E-state index is -3.77. The van der Waals surface area contributed by atoms with Crippen LogP contribution >= 0.6 is 0 Å². The molecule has 0 fully saturated rings. The van der Waals surface area contributed by atoms with Crippen LogP contribution in [0.2, 0.25) is 0 Å². The first kappa shape index (κ1) is 17.1. The maximum absolute atomic E-state index is 10.6. The molecule has 0 aromatic heterocycles. The Labute approximate surface area is 124 Å². The number of sulfonamides is 1. The van der Waals surface area contributed by atoms with Crippen LogP contribution in [-0.2, 0) is 32.4 Å². The Morgan fingerprint density at radius 2 is 1.50 bits per heavy atom. The minimum absolute atomic E-state index is 0. The minimum Gasteiger partial charge on any atom is -0.560 e. The van der Waals surface area contributed by atoms with E-state index in [0.717, 1.165) is 5.56 Å². The predicted octanol–water partition coefficient (Wildman–Crippen LogP) is 3.22. The largest absolute Gasteiger partial charge is 0.560 e. The summed E-state index contributed by atoms with van der Waals surface area (Å²) in [5.41, 5.74) is 0.984. The zero-order valence-electron chi connectivity index (χ0n) is 9.72. The van der Waals surface area contributed by atoms with Crippen LogP contribution in [0.15, 0.2) is 59.5 Å². The van der Waals surface area contributed by atoms with Crippen molar-refractivity contribution in [3.05, 3.63) is 71.4 Å². The normalized spacial score (nSPS) is 9.67. The number of rotatable bonds is 1. The molecule has 0 aliphatic heterocycles. The first-order valence-corrected chi connectivity index (χ1v) is 6.46. The van der Waals surface area contributed by atoms with Crippen molar-refractivity contribution >= 4 is 10.0 Å². The van der Waals surface area contributed by atoms with E-state index >= 15 is 0 Å². The standard InChI is InChI=1S/C7H8NO2S.C6H5.Au/c1-6-2-4-7(5-3-6)11(8,9)10;1-2-4-6-5-3-1;/h2-5H,1H3,(H-,8,9,10);1-5H;/q2*-1;. The molecule has 0 saturated heterocycles. The summed E-state index contributed by atoms with van der Waals surface area (Å²) < 4.78 is 21.2. The molecule has 0 aliphatic carbocycles. The van der Waals surface area contributed by atoms with Gasteiger partial charge in [-0.05, 0) is 19.1 Å². The van der Waals surface area contributed by atoms with Crippen molar-refractivity contribution in [2.75, 3.05) is 0 Å². The van der Waals surface area contributed by atoms with Crippen molar-refractivity contribution in [3.63, 3.8) is 0 Å². The van der Waals surface area contributed by atoms with E-state index in [2.05, 4.69) is 6.07 Å². The van der Waals surface area contributed by atoms with Gasteiger partial charge in [-0.3, -0.25) is 0 Å². The molecule has 2 aromatic rings. The van der Waals surface area contributed by atoms with Crippen LogP contribution in [0.4, 0.5) is 0 Å². The van der Waals surface area contributed by atoms with Gasteiger partial charge in [-0.15, -0.1) is 0 Å². The SMILES string of the molecule is Cc1ccc(S([NH-])(=O)=O)cc1.[Au].[c-]1ccccc1. The Kier molecular flexibility index (Phi) is 7.82. The van der Waals surface area contributed by atoms with Crippen LogP contribution in [-0.4, -0.2) is 8.42 Å². The van der Waals surface area contributed by atoms with Crippen LogP contribution in [0.5, 0.6) is 0 Å². The molecule has 0 bridgehead atoms. The van der Waals surface area contributed by atoms with Crippen molar-refractivity contribution in [1.82, 2.24) is 0 Å². The van der Waals surface area contributed by atoms with Crippen LogP contribution in [0, 0.1) is 13.0 Å². The van der Waals surface area contributed by atoms with Gasteiger partial charge >= 0.3 is 0 Å².